The van der Waals surface area contributed by atoms with Crippen molar-refractivity contribution < 1.29 is 9.53 Å². The Bertz CT molecular complexity index is 1170. The summed E-state index contributed by atoms with van der Waals surface area (Å²) in [7, 11) is 0. The minimum absolute atomic E-state index is 0.136. The molecule has 0 radical (unpaired) electrons. The Kier molecular flexibility index (Phi) is 5.66. The first-order chi connectivity index (χ1) is 16.7. The number of hydrazone groups is 1. The lowest BCUT2D eigenvalue weighted by atomic mass is 9.55. The van der Waals surface area contributed by atoms with E-state index in [4.69, 9.17) is 4.74 Å². The van der Waals surface area contributed by atoms with Crippen LogP contribution in [-0.4, -0.2) is 11.6 Å². The minimum Gasteiger partial charge on any atom is -0.488 e. The van der Waals surface area contributed by atoms with Crippen LogP contribution in [0.3, 0.4) is 0 Å². The highest BCUT2D eigenvalue weighted by molar-refractivity contribution is 5.96. The number of rotatable bonds is 6. The summed E-state index contributed by atoms with van der Waals surface area (Å²) in [6.07, 6.45) is 6.49. The molecule has 4 fully saturated rings. The Balaban J connectivity index is 1.08. The van der Waals surface area contributed by atoms with Crippen molar-refractivity contribution in [3.63, 3.8) is 0 Å². The fourth-order valence-corrected chi connectivity index (χ4v) is 6.39. The molecule has 1 amide bonds. The molecule has 3 aromatic rings. The van der Waals surface area contributed by atoms with Gasteiger partial charge in [0, 0.05) is 16.8 Å². The second-order valence-corrected chi connectivity index (χ2v) is 10.1. The molecule has 1 N–H and O–H groups in total. The number of benzene rings is 3. The van der Waals surface area contributed by atoms with Crippen molar-refractivity contribution in [2.24, 2.45) is 28.8 Å². The van der Waals surface area contributed by atoms with Gasteiger partial charge in [0.1, 0.15) is 12.4 Å². The van der Waals surface area contributed by atoms with Gasteiger partial charge in [-0.15, -0.1) is 0 Å². The van der Waals surface area contributed by atoms with Crippen LogP contribution in [0.25, 0.3) is 11.1 Å². The largest absolute Gasteiger partial charge is 0.488 e. The lowest BCUT2D eigenvalue weighted by Gasteiger charge is -2.50. The minimum atomic E-state index is -0.136. The summed E-state index contributed by atoms with van der Waals surface area (Å²) in [5.74, 6) is 3.69. The molecule has 4 aliphatic rings. The first-order valence-corrected chi connectivity index (χ1v) is 12.5. The quantitative estimate of drug-likeness (QED) is 0.437. The maximum Gasteiger partial charge on any atom is 0.271 e. The number of carbonyl (C=O) groups excluding carboxylic acids is 1. The number of hydrogen-bond donors (Lipinski definition) is 1. The monoisotopic (exact) mass is 450 g/mol. The number of ether oxygens (including phenoxy) is 1. The number of amides is 1. The molecule has 0 saturated heterocycles. The Labute approximate surface area is 201 Å². The highest BCUT2D eigenvalue weighted by Crippen LogP contribution is 2.52. The third-order valence-electron chi connectivity index (χ3n) is 7.84. The molecule has 4 bridgehead atoms. The van der Waals surface area contributed by atoms with Gasteiger partial charge in [-0.3, -0.25) is 4.79 Å². The average molecular weight is 451 g/mol. The maximum atomic E-state index is 12.7. The molecule has 0 spiro atoms. The summed E-state index contributed by atoms with van der Waals surface area (Å²) in [5.41, 5.74) is 7.95. The predicted octanol–water partition coefficient (Wildman–Crippen LogP) is 6.47. The molecule has 3 aromatic carbocycles. The summed E-state index contributed by atoms with van der Waals surface area (Å²) >= 11 is 0. The van der Waals surface area contributed by atoms with Crippen LogP contribution in [0.5, 0.6) is 5.75 Å². The van der Waals surface area contributed by atoms with Crippen LogP contribution >= 0.6 is 0 Å². The fourth-order valence-electron chi connectivity index (χ4n) is 6.39. The fraction of sp³-hybridized carbons (Fsp3) is 0.333. The van der Waals surface area contributed by atoms with Gasteiger partial charge in [-0.05, 0) is 85.1 Å². The smallest absolute Gasteiger partial charge is 0.271 e. The Morgan fingerprint density at radius 2 is 1.44 bits per heavy atom. The van der Waals surface area contributed by atoms with Gasteiger partial charge in [0.05, 0.1) is 0 Å². The molecule has 0 aromatic heterocycles. The standard InChI is InChI=1S/C30H30N2O2/c33-30(32-31-29-25-15-21-14-22(17-25)18-26(29)16-21)24-12-10-20(11-13-24)19-34-28-9-5-4-8-27(28)23-6-2-1-3-7-23/h1-13,21-22,25-26H,14-19H2,(H,32,33). The van der Waals surface area contributed by atoms with E-state index in [1.165, 1.54) is 37.8 Å². The van der Waals surface area contributed by atoms with E-state index in [9.17, 15) is 4.79 Å². The number of nitrogens with one attached hydrogen (secondary N) is 1. The molecule has 4 saturated carbocycles. The van der Waals surface area contributed by atoms with Crippen molar-refractivity contribution in [1.29, 1.82) is 0 Å². The Morgan fingerprint density at radius 1 is 0.794 bits per heavy atom. The van der Waals surface area contributed by atoms with Crippen LogP contribution in [-0.2, 0) is 6.61 Å². The van der Waals surface area contributed by atoms with Gasteiger partial charge in [0.2, 0.25) is 0 Å². The van der Waals surface area contributed by atoms with E-state index in [0.717, 1.165) is 34.3 Å². The molecule has 4 aliphatic carbocycles. The SMILES string of the molecule is O=C(NN=C1C2CC3CC(C2)CC1C3)c1ccc(COc2ccccc2-c2ccccc2)cc1. The highest BCUT2D eigenvalue weighted by Gasteiger charge is 2.46. The Hall–Kier alpha value is -3.40. The molecular formula is C30H30N2O2. The summed E-state index contributed by atoms with van der Waals surface area (Å²) in [6, 6.07) is 25.9. The number of hydrogen-bond acceptors (Lipinski definition) is 3. The van der Waals surface area contributed by atoms with Gasteiger partial charge in [0.25, 0.3) is 5.91 Å². The lowest BCUT2D eigenvalue weighted by Crippen LogP contribution is -2.46. The third kappa shape index (κ3) is 4.25. The molecule has 4 nitrogen and oxygen atoms in total. The second-order valence-electron chi connectivity index (χ2n) is 10.1. The van der Waals surface area contributed by atoms with Crippen LogP contribution in [0.4, 0.5) is 0 Å². The average Bonchev–Trinajstić information content (AvgIpc) is 2.87. The van der Waals surface area contributed by atoms with Crippen LogP contribution in [0.2, 0.25) is 0 Å². The van der Waals surface area contributed by atoms with Gasteiger partial charge >= 0.3 is 0 Å². The molecule has 0 atom stereocenters. The molecule has 172 valence electrons. The number of nitrogens with zero attached hydrogens (tertiary/aromatic N) is 1. The van der Waals surface area contributed by atoms with E-state index < -0.39 is 0 Å². The van der Waals surface area contributed by atoms with Crippen LogP contribution in [0.15, 0.2) is 84.0 Å². The molecule has 0 unspecified atom stereocenters. The molecule has 0 aliphatic heterocycles. The van der Waals surface area contributed by atoms with Crippen molar-refractivity contribution in [3.05, 3.63) is 90.0 Å². The number of carbonyl (C=O) groups is 1. The van der Waals surface area contributed by atoms with Crippen LogP contribution in [0.1, 0.15) is 48.0 Å². The predicted molar refractivity (Wildman–Crippen MR) is 135 cm³/mol. The maximum absolute atomic E-state index is 12.7. The van der Waals surface area contributed by atoms with E-state index in [1.54, 1.807) is 0 Å². The summed E-state index contributed by atoms with van der Waals surface area (Å²) < 4.78 is 6.14. The third-order valence-corrected chi connectivity index (χ3v) is 7.84. The van der Waals surface area contributed by atoms with Crippen molar-refractivity contribution in [2.75, 3.05) is 0 Å². The van der Waals surface area contributed by atoms with E-state index in [2.05, 4.69) is 28.7 Å². The van der Waals surface area contributed by atoms with Crippen molar-refractivity contribution in [1.82, 2.24) is 5.43 Å². The molecular weight excluding hydrogens is 420 g/mol. The van der Waals surface area contributed by atoms with Crippen molar-refractivity contribution >= 4 is 11.6 Å². The lowest BCUT2D eigenvalue weighted by molar-refractivity contribution is 0.0942. The zero-order chi connectivity index (χ0) is 22.9. The van der Waals surface area contributed by atoms with Crippen LogP contribution in [0, 0.1) is 23.7 Å². The van der Waals surface area contributed by atoms with Gasteiger partial charge < -0.3 is 4.74 Å². The summed E-state index contributed by atoms with van der Waals surface area (Å²) in [6.45, 7) is 0.444. The molecule has 7 rings (SSSR count). The normalized spacial score (nSPS) is 24.6. The zero-order valence-electron chi connectivity index (χ0n) is 19.3. The summed E-state index contributed by atoms with van der Waals surface area (Å²) in [4.78, 5) is 12.7. The van der Waals surface area contributed by atoms with E-state index in [-0.39, 0.29) is 5.91 Å². The topological polar surface area (TPSA) is 50.7 Å². The van der Waals surface area contributed by atoms with Crippen molar-refractivity contribution in [3.8, 4) is 16.9 Å². The molecule has 34 heavy (non-hydrogen) atoms. The van der Waals surface area contributed by atoms with Gasteiger partial charge in [-0.2, -0.15) is 5.10 Å². The molecule has 4 heteroatoms. The second kappa shape index (κ2) is 9.09. The van der Waals surface area contributed by atoms with E-state index in [1.807, 2.05) is 60.7 Å². The number of para-hydroxylation sites is 1. The van der Waals surface area contributed by atoms with E-state index >= 15 is 0 Å². The van der Waals surface area contributed by atoms with Crippen molar-refractivity contribution in [2.45, 2.75) is 38.7 Å². The van der Waals surface area contributed by atoms with E-state index in [0.29, 0.717) is 24.0 Å². The Morgan fingerprint density at radius 3 is 2.15 bits per heavy atom. The summed E-state index contributed by atoms with van der Waals surface area (Å²) in [5, 5.41) is 4.63. The van der Waals surface area contributed by atoms with Gasteiger partial charge in [0.15, 0.2) is 0 Å². The van der Waals surface area contributed by atoms with Crippen LogP contribution < -0.4 is 10.2 Å². The zero-order valence-corrected chi connectivity index (χ0v) is 19.3. The molecule has 0 heterocycles. The highest BCUT2D eigenvalue weighted by atomic mass is 16.5. The van der Waals surface area contributed by atoms with Gasteiger partial charge in [-0.25, -0.2) is 5.43 Å². The van der Waals surface area contributed by atoms with Gasteiger partial charge in [-0.1, -0.05) is 60.7 Å². The first-order valence-electron chi connectivity index (χ1n) is 12.5. The first kappa shape index (κ1) is 21.2.